The largest absolute Gasteiger partial charge is 0.337 e. The number of hydrogen-bond donors (Lipinski definition) is 1. The minimum absolute atomic E-state index is 0.830. The third kappa shape index (κ3) is 1.78. The zero-order chi connectivity index (χ0) is 10.1. The standard InChI is InChI=1S/C11H18N2S/c1-8-4-3-5-10(8)7-13-9(2)6-12-11(13)14/h6,8,10H,3-5,7H2,1-2H3,(H,12,14). The molecule has 0 bridgehead atoms. The van der Waals surface area contributed by atoms with E-state index in [0.717, 1.165) is 23.2 Å². The summed E-state index contributed by atoms with van der Waals surface area (Å²) in [4.78, 5) is 3.10. The molecule has 3 heteroatoms. The highest BCUT2D eigenvalue weighted by Crippen LogP contribution is 2.32. The van der Waals surface area contributed by atoms with Gasteiger partial charge >= 0.3 is 0 Å². The van der Waals surface area contributed by atoms with Crippen LogP contribution in [-0.4, -0.2) is 9.55 Å². The third-order valence-corrected chi connectivity index (χ3v) is 3.87. The van der Waals surface area contributed by atoms with Gasteiger partial charge in [-0.1, -0.05) is 19.8 Å². The monoisotopic (exact) mass is 210 g/mol. The van der Waals surface area contributed by atoms with E-state index in [9.17, 15) is 0 Å². The lowest BCUT2D eigenvalue weighted by molar-refractivity contribution is 0.359. The van der Waals surface area contributed by atoms with Crippen LogP contribution in [0.2, 0.25) is 0 Å². The van der Waals surface area contributed by atoms with Gasteiger partial charge in [0.1, 0.15) is 0 Å². The first-order valence-electron chi connectivity index (χ1n) is 5.43. The van der Waals surface area contributed by atoms with E-state index in [1.54, 1.807) is 0 Å². The molecule has 1 saturated carbocycles. The smallest absolute Gasteiger partial charge is 0.177 e. The first kappa shape index (κ1) is 9.97. The van der Waals surface area contributed by atoms with Crippen molar-refractivity contribution in [3.63, 3.8) is 0 Å². The molecule has 1 N–H and O–H groups in total. The number of nitrogens with zero attached hydrogens (tertiary/aromatic N) is 1. The van der Waals surface area contributed by atoms with Crippen molar-refractivity contribution in [2.45, 2.75) is 39.7 Å². The van der Waals surface area contributed by atoms with Gasteiger partial charge in [0.25, 0.3) is 0 Å². The molecule has 2 nitrogen and oxygen atoms in total. The molecule has 0 saturated heterocycles. The molecule has 1 aromatic rings. The molecule has 0 amide bonds. The summed E-state index contributed by atoms with van der Waals surface area (Å²) < 4.78 is 3.11. The topological polar surface area (TPSA) is 20.7 Å². The Balaban J connectivity index is 2.14. The summed E-state index contributed by atoms with van der Waals surface area (Å²) in [5.74, 6) is 1.70. The van der Waals surface area contributed by atoms with Gasteiger partial charge in [-0.2, -0.15) is 0 Å². The van der Waals surface area contributed by atoms with Crippen molar-refractivity contribution in [3.8, 4) is 0 Å². The second kappa shape index (κ2) is 3.89. The van der Waals surface area contributed by atoms with Crippen LogP contribution in [0.1, 0.15) is 31.9 Å². The van der Waals surface area contributed by atoms with E-state index >= 15 is 0 Å². The number of rotatable bonds is 2. The van der Waals surface area contributed by atoms with Crippen molar-refractivity contribution in [3.05, 3.63) is 16.7 Å². The maximum absolute atomic E-state index is 5.25. The molecule has 0 radical (unpaired) electrons. The van der Waals surface area contributed by atoms with Crippen LogP contribution in [0.4, 0.5) is 0 Å². The molecule has 1 heterocycles. The summed E-state index contributed by atoms with van der Waals surface area (Å²) in [6, 6.07) is 0. The number of aromatic nitrogens is 2. The predicted molar refractivity (Wildman–Crippen MR) is 60.9 cm³/mol. The molecule has 1 aliphatic rings. The number of hydrogen-bond acceptors (Lipinski definition) is 1. The van der Waals surface area contributed by atoms with Gasteiger partial charge in [-0.05, 0) is 37.4 Å². The summed E-state index contributed by atoms with van der Waals surface area (Å²) in [6.07, 6.45) is 6.15. The molecular formula is C11H18N2S. The summed E-state index contributed by atoms with van der Waals surface area (Å²) in [7, 11) is 0. The molecule has 0 aromatic carbocycles. The van der Waals surface area contributed by atoms with Crippen LogP contribution in [0.5, 0.6) is 0 Å². The third-order valence-electron chi connectivity index (χ3n) is 3.53. The predicted octanol–water partition coefficient (Wildman–Crippen LogP) is 3.29. The molecule has 2 atom stereocenters. The first-order valence-corrected chi connectivity index (χ1v) is 5.84. The van der Waals surface area contributed by atoms with Crippen molar-refractivity contribution in [2.24, 2.45) is 11.8 Å². The number of imidazole rings is 1. The lowest BCUT2D eigenvalue weighted by Crippen LogP contribution is -2.14. The van der Waals surface area contributed by atoms with Gasteiger partial charge < -0.3 is 9.55 Å². The van der Waals surface area contributed by atoms with E-state index in [1.165, 1.54) is 25.0 Å². The van der Waals surface area contributed by atoms with Gasteiger partial charge in [-0.25, -0.2) is 0 Å². The highest BCUT2D eigenvalue weighted by atomic mass is 32.1. The molecule has 1 aliphatic carbocycles. The Morgan fingerprint density at radius 2 is 2.36 bits per heavy atom. The van der Waals surface area contributed by atoms with E-state index in [0.29, 0.717) is 0 Å². The van der Waals surface area contributed by atoms with E-state index in [1.807, 2.05) is 6.20 Å². The lowest BCUT2D eigenvalue weighted by atomic mass is 9.98. The van der Waals surface area contributed by atoms with E-state index in [4.69, 9.17) is 12.2 Å². The van der Waals surface area contributed by atoms with E-state index < -0.39 is 0 Å². The summed E-state index contributed by atoms with van der Waals surface area (Å²) in [5, 5.41) is 0. The van der Waals surface area contributed by atoms with Gasteiger partial charge in [-0.15, -0.1) is 0 Å². The zero-order valence-electron chi connectivity index (χ0n) is 8.92. The Hall–Kier alpha value is -0.570. The highest BCUT2D eigenvalue weighted by Gasteiger charge is 2.23. The van der Waals surface area contributed by atoms with Crippen LogP contribution in [0, 0.1) is 23.5 Å². The van der Waals surface area contributed by atoms with Gasteiger partial charge in [0.15, 0.2) is 4.77 Å². The van der Waals surface area contributed by atoms with E-state index in [-0.39, 0.29) is 0 Å². The Labute approximate surface area is 90.3 Å². The summed E-state index contributed by atoms with van der Waals surface area (Å²) >= 11 is 5.25. The van der Waals surface area contributed by atoms with Crippen LogP contribution in [0.25, 0.3) is 0 Å². The minimum atomic E-state index is 0.830. The molecule has 78 valence electrons. The molecule has 1 aromatic heterocycles. The van der Waals surface area contributed by atoms with Crippen molar-refractivity contribution < 1.29 is 0 Å². The van der Waals surface area contributed by atoms with Crippen LogP contribution in [0.15, 0.2) is 6.20 Å². The number of H-pyrrole nitrogens is 1. The van der Waals surface area contributed by atoms with Gasteiger partial charge in [0, 0.05) is 18.4 Å². The van der Waals surface area contributed by atoms with Crippen molar-refractivity contribution in [1.29, 1.82) is 0 Å². The normalized spacial score (nSPS) is 27.0. The highest BCUT2D eigenvalue weighted by molar-refractivity contribution is 7.71. The van der Waals surface area contributed by atoms with Crippen molar-refractivity contribution >= 4 is 12.2 Å². The maximum atomic E-state index is 5.25. The number of aryl methyl sites for hydroxylation is 1. The number of nitrogens with one attached hydrogen (secondary N) is 1. The first-order chi connectivity index (χ1) is 6.68. The summed E-state index contributed by atoms with van der Waals surface area (Å²) in [6.45, 7) is 5.59. The number of aromatic amines is 1. The maximum Gasteiger partial charge on any atom is 0.177 e. The second-order valence-corrected chi connectivity index (χ2v) is 4.90. The van der Waals surface area contributed by atoms with Crippen molar-refractivity contribution in [1.82, 2.24) is 9.55 Å². The Bertz CT molecular complexity index is 364. The molecule has 0 aliphatic heterocycles. The molecule has 2 rings (SSSR count). The lowest BCUT2D eigenvalue weighted by Gasteiger charge is -2.16. The van der Waals surface area contributed by atoms with E-state index in [2.05, 4.69) is 23.4 Å². The second-order valence-electron chi connectivity index (χ2n) is 4.51. The minimum Gasteiger partial charge on any atom is -0.337 e. The zero-order valence-corrected chi connectivity index (χ0v) is 9.73. The fourth-order valence-corrected chi connectivity index (χ4v) is 2.71. The molecule has 1 fully saturated rings. The summed E-state index contributed by atoms with van der Waals surface area (Å²) in [5.41, 5.74) is 1.26. The van der Waals surface area contributed by atoms with Gasteiger partial charge in [0.2, 0.25) is 0 Å². The van der Waals surface area contributed by atoms with Crippen LogP contribution >= 0.6 is 12.2 Å². The molecule has 14 heavy (non-hydrogen) atoms. The Kier molecular flexibility index (Phi) is 2.77. The average molecular weight is 210 g/mol. The molecule has 0 spiro atoms. The van der Waals surface area contributed by atoms with Crippen molar-refractivity contribution in [2.75, 3.05) is 0 Å². The van der Waals surface area contributed by atoms with Crippen LogP contribution < -0.4 is 0 Å². The van der Waals surface area contributed by atoms with Crippen LogP contribution in [0.3, 0.4) is 0 Å². The molecular weight excluding hydrogens is 192 g/mol. The quantitative estimate of drug-likeness (QED) is 0.743. The van der Waals surface area contributed by atoms with Gasteiger partial charge in [-0.3, -0.25) is 0 Å². The SMILES string of the molecule is Cc1c[nH]c(=S)n1CC1CCCC1C. The van der Waals surface area contributed by atoms with Gasteiger partial charge in [0.05, 0.1) is 0 Å². The Morgan fingerprint density at radius 3 is 2.86 bits per heavy atom. The fourth-order valence-electron chi connectivity index (χ4n) is 2.44. The van der Waals surface area contributed by atoms with Crippen LogP contribution in [-0.2, 0) is 6.54 Å². The fraction of sp³-hybridized carbons (Fsp3) is 0.727. The average Bonchev–Trinajstić information content (AvgIpc) is 2.67. The molecule has 2 unspecified atom stereocenters. The Morgan fingerprint density at radius 1 is 1.57 bits per heavy atom.